The molecule has 1 saturated heterocycles. The van der Waals surface area contributed by atoms with Crippen molar-refractivity contribution in [1.29, 1.82) is 0 Å². The summed E-state index contributed by atoms with van der Waals surface area (Å²) in [6.07, 6.45) is 2.72. The Bertz CT molecular complexity index is 1250. The number of hydrogen-bond acceptors (Lipinski definition) is 6. The Morgan fingerprint density at radius 1 is 1.14 bits per heavy atom. The molecule has 0 aliphatic carbocycles. The summed E-state index contributed by atoms with van der Waals surface area (Å²) >= 11 is 0. The smallest absolute Gasteiger partial charge is 0.413 e. The molecule has 1 fully saturated rings. The summed E-state index contributed by atoms with van der Waals surface area (Å²) in [5.41, 5.74) is 2.90. The topological polar surface area (TPSA) is 130 Å². The number of nitrogens with zero attached hydrogens (tertiary/aromatic N) is 2. The summed E-state index contributed by atoms with van der Waals surface area (Å²) in [7, 11) is 0. The van der Waals surface area contributed by atoms with Crippen LogP contribution in [-0.4, -0.2) is 45.8 Å². The van der Waals surface area contributed by atoms with Gasteiger partial charge in [-0.1, -0.05) is 19.1 Å². The molecule has 3 heterocycles. The van der Waals surface area contributed by atoms with Crippen LogP contribution in [0.3, 0.4) is 0 Å². The average Bonchev–Trinajstić information content (AvgIpc) is 3.18. The molecule has 0 saturated carbocycles. The van der Waals surface area contributed by atoms with Crippen LogP contribution in [0, 0.1) is 12.8 Å². The van der Waals surface area contributed by atoms with E-state index in [1.165, 1.54) is 6.20 Å². The summed E-state index contributed by atoms with van der Waals surface area (Å²) in [5.74, 6) is -0.875. The Morgan fingerprint density at radius 2 is 1.89 bits per heavy atom. The number of carbonyl (C=O) groups is 4. The number of aromatic nitrogens is 1. The van der Waals surface area contributed by atoms with Crippen molar-refractivity contribution in [1.82, 2.24) is 9.88 Å². The number of pyridine rings is 1. The number of aryl methyl sites for hydroxylation is 1. The van der Waals surface area contributed by atoms with E-state index in [2.05, 4.69) is 27.9 Å². The number of piperidine rings is 1. The average molecular weight is 508 g/mol. The number of benzene rings is 1. The van der Waals surface area contributed by atoms with Gasteiger partial charge in [0.1, 0.15) is 11.4 Å². The Hall–Kier alpha value is -3.95. The molecular weight excluding hydrogens is 474 g/mol. The highest BCUT2D eigenvalue weighted by molar-refractivity contribution is 6.39. The highest BCUT2D eigenvalue weighted by atomic mass is 16.6. The fourth-order valence-electron chi connectivity index (χ4n) is 4.67. The van der Waals surface area contributed by atoms with Gasteiger partial charge in [-0.25, -0.2) is 9.78 Å². The van der Waals surface area contributed by atoms with Crippen LogP contribution in [-0.2, 0) is 25.5 Å². The first-order valence-electron chi connectivity index (χ1n) is 12.4. The molecule has 2 atom stereocenters. The fourth-order valence-corrected chi connectivity index (χ4v) is 4.67. The van der Waals surface area contributed by atoms with Gasteiger partial charge in [0.05, 0.1) is 24.3 Å². The van der Waals surface area contributed by atoms with Crippen molar-refractivity contribution in [3.8, 4) is 0 Å². The van der Waals surface area contributed by atoms with E-state index in [9.17, 15) is 19.2 Å². The van der Waals surface area contributed by atoms with Crippen molar-refractivity contribution in [3.05, 3.63) is 47.2 Å². The molecule has 1 aromatic heterocycles. The summed E-state index contributed by atoms with van der Waals surface area (Å²) in [4.78, 5) is 55.9. The maximum Gasteiger partial charge on any atom is 0.413 e. The minimum Gasteiger partial charge on any atom is -0.444 e. The summed E-state index contributed by atoms with van der Waals surface area (Å²) in [6.45, 7) is 9.54. The molecule has 4 rings (SSSR count). The van der Waals surface area contributed by atoms with Crippen LogP contribution < -0.4 is 16.0 Å². The Labute approximate surface area is 216 Å². The van der Waals surface area contributed by atoms with Gasteiger partial charge in [-0.05, 0) is 75.3 Å². The van der Waals surface area contributed by atoms with E-state index in [0.29, 0.717) is 30.0 Å². The molecule has 3 N–H and O–H groups in total. The number of hydrogen-bond donors (Lipinski definition) is 3. The highest BCUT2D eigenvalue weighted by Gasteiger charge is 2.35. The molecule has 10 heteroatoms. The van der Waals surface area contributed by atoms with Gasteiger partial charge < -0.3 is 20.3 Å². The molecule has 2 aliphatic heterocycles. The van der Waals surface area contributed by atoms with Crippen molar-refractivity contribution in [2.24, 2.45) is 5.92 Å². The van der Waals surface area contributed by atoms with E-state index in [1.807, 2.05) is 18.2 Å². The molecule has 1 aromatic carbocycles. The zero-order valence-corrected chi connectivity index (χ0v) is 21.8. The Morgan fingerprint density at radius 3 is 2.59 bits per heavy atom. The number of likely N-dealkylation sites (tertiary alicyclic amines) is 1. The lowest BCUT2D eigenvalue weighted by Crippen LogP contribution is -2.46. The second kappa shape index (κ2) is 10.2. The summed E-state index contributed by atoms with van der Waals surface area (Å²) < 4.78 is 5.24. The number of fused-ring (bicyclic) bond motifs is 1. The van der Waals surface area contributed by atoms with Gasteiger partial charge in [-0.2, -0.15) is 0 Å². The van der Waals surface area contributed by atoms with Crippen molar-refractivity contribution in [2.45, 2.75) is 65.5 Å². The highest BCUT2D eigenvalue weighted by Crippen LogP contribution is 2.36. The van der Waals surface area contributed by atoms with Gasteiger partial charge in [0.25, 0.3) is 0 Å². The van der Waals surface area contributed by atoms with Crippen molar-refractivity contribution in [2.75, 3.05) is 22.5 Å². The number of ether oxygens (including phenoxy) is 1. The van der Waals surface area contributed by atoms with Gasteiger partial charge in [-0.3, -0.25) is 19.7 Å². The molecule has 37 heavy (non-hydrogen) atoms. The molecule has 0 bridgehead atoms. The number of anilines is 3. The van der Waals surface area contributed by atoms with E-state index >= 15 is 0 Å². The number of rotatable bonds is 3. The standard InChI is InChI=1S/C27H33N5O5/c1-15-6-9-21(17-7-8-20-18(11-17)12-22(33)30-20)32(14-15)25(35)24(34)29-19-10-16(2)23(28-13-19)31-26(36)37-27(3,4)5/h7-8,10-11,13,15,21H,6,9,12,14H2,1-5H3,(H,29,34)(H,30,33)(H,28,31,36). The van der Waals surface area contributed by atoms with E-state index < -0.39 is 23.5 Å². The van der Waals surface area contributed by atoms with Crippen LogP contribution in [0.2, 0.25) is 0 Å². The predicted molar refractivity (Wildman–Crippen MR) is 139 cm³/mol. The minimum atomic E-state index is -0.758. The van der Waals surface area contributed by atoms with Crippen LogP contribution in [0.1, 0.15) is 63.3 Å². The SMILES string of the molecule is Cc1cc(NC(=O)C(=O)N2CC(C)CCC2c2ccc3c(c2)CC(=O)N3)cnc1NC(=O)OC(C)(C)C. The van der Waals surface area contributed by atoms with Gasteiger partial charge in [-0.15, -0.1) is 0 Å². The third-order valence-corrected chi connectivity index (χ3v) is 6.37. The Balaban J connectivity index is 1.46. The maximum atomic E-state index is 13.3. The number of carbonyl (C=O) groups excluding carboxylic acids is 4. The lowest BCUT2D eigenvalue weighted by Gasteiger charge is -2.38. The lowest BCUT2D eigenvalue weighted by atomic mass is 9.89. The third kappa shape index (κ3) is 6.25. The molecular formula is C27H33N5O5. The van der Waals surface area contributed by atoms with E-state index in [4.69, 9.17) is 4.74 Å². The molecule has 2 unspecified atom stereocenters. The maximum absolute atomic E-state index is 13.3. The van der Waals surface area contributed by atoms with Crippen LogP contribution in [0.5, 0.6) is 0 Å². The number of nitrogens with one attached hydrogen (secondary N) is 3. The van der Waals surface area contributed by atoms with Crippen molar-refractivity contribution in [3.63, 3.8) is 0 Å². The van der Waals surface area contributed by atoms with Crippen LogP contribution in [0.25, 0.3) is 0 Å². The van der Waals surface area contributed by atoms with Crippen LogP contribution in [0.15, 0.2) is 30.5 Å². The van der Waals surface area contributed by atoms with E-state index in [-0.39, 0.29) is 17.9 Å². The lowest BCUT2D eigenvalue weighted by molar-refractivity contribution is -0.146. The van der Waals surface area contributed by atoms with Crippen molar-refractivity contribution < 1.29 is 23.9 Å². The second-order valence-electron chi connectivity index (χ2n) is 10.8. The molecule has 0 radical (unpaired) electrons. The first-order chi connectivity index (χ1) is 17.4. The van der Waals surface area contributed by atoms with Gasteiger partial charge in [0.15, 0.2) is 0 Å². The molecule has 196 valence electrons. The van der Waals surface area contributed by atoms with Crippen LogP contribution >= 0.6 is 0 Å². The largest absolute Gasteiger partial charge is 0.444 e. The Kier molecular flexibility index (Phi) is 7.20. The van der Waals surface area contributed by atoms with Gasteiger partial charge in [0.2, 0.25) is 5.91 Å². The monoisotopic (exact) mass is 507 g/mol. The first-order valence-corrected chi connectivity index (χ1v) is 12.4. The fraction of sp³-hybridized carbons (Fsp3) is 0.444. The zero-order chi connectivity index (χ0) is 26.9. The second-order valence-corrected chi connectivity index (χ2v) is 10.8. The minimum absolute atomic E-state index is 0.0482. The van der Waals surface area contributed by atoms with Crippen LogP contribution in [0.4, 0.5) is 22.0 Å². The quantitative estimate of drug-likeness (QED) is 0.535. The molecule has 4 amide bonds. The summed E-state index contributed by atoms with van der Waals surface area (Å²) in [6, 6.07) is 7.10. The van der Waals surface area contributed by atoms with Crippen molar-refractivity contribution >= 4 is 41.0 Å². The van der Waals surface area contributed by atoms with E-state index in [0.717, 1.165) is 29.7 Å². The molecule has 0 spiro atoms. The van der Waals surface area contributed by atoms with Gasteiger partial charge in [0, 0.05) is 12.2 Å². The molecule has 10 nitrogen and oxygen atoms in total. The van der Waals surface area contributed by atoms with E-state index in [1.54, 1.807) is 38.7 Å². The number of amides is 4. The third-order valence-electron chi connectivity index (χ3n) is 6.37. The molecule has 2 aliphatic rings. The predicted octanol–water partition coefficient (Wildman–Crippen LogP) is 4.17. The normalized spacial score (nSPS) is 19.1. The zero-order valence-electron chi connectivity index (χ0n) is 21.8. The first kappa shape index (κ1) is 26.1. The summed E-state index contributed by atoms with van der Waals surface area (Å²) in [5, 5.41) is 8.05. The molecule has 2 aromatic rings. The van der Waals surface area contributed by atoms with Gasteiger partial charge >= 0.3 is 17.9 Å².